The van der Waals surface area contributed by atoms with Crippen LogP contribution in [0.2, 0.25) is 0 Å². The molecule has 0 radical (unpaired) electrons. The van der Waals surface area contributed by atoms with E-state index in [9.17, 15) is 9.59 Å². The summed E-state index contributed by atoms with van der Waals surface area (Å²) in [5.41, 5.74) is 1.53. The van der Waals surface area contributed by atoms with E-state index in [2.05, 4.69) is 25.6 Å². The first-order valence-electron chi connectivity index (χ1n) is 8.85. The molecule has 2 aromatic rings. The second-order valence-corrected chi connectivity index (χ2v) is 6.47. The summed E-state index contributed by atoms with van der Waals surface area (Å²) >= 11 is 0. The van der Waals surface area contributed by atoms with Crippen molar-refractivity contribution >= 4 is 24.0 Å². The Hall–Kier alpha value is -3.22. The Bertz CT molecular complexity index is 810. The molecule has 3 N–H and O–H groups in total. The third kappa shape index (κ3) is 7.68. The largest absolute Gasteiger partial charge is 0.350 e. The van der Waals surface area contributed by atoms with Crippen molar-refractivity contribution in [3.63, 3.8) is 0 Å². The van der Waals surface area contributed by atoms with Crippen LogP contribution in [0.3, 0.4) is 0 Å². The average Bonchev–Trinajstić information content (AvgIpc) is 3.11. The van der Waals surface area contributed by atoms with Crippen LogP contribution >= 0.6 is 0 Å². The van der Waals surface area contributed by atoms with Crippen molar-refractivity contribution in [2.45, 2.75) is 39.3 Å². The zero-order valence-electron chi connectivity index (χ0n) is 15.8. The lowest BCUT2D eigenvalue weighted by Crippen LogP contribution is -2.33. The van der Waals surface area contributed by atoms with Crippen molar-refractivity contribution in [3.05, 3.63) is 60.0 Å². The number of aromatic amines is 1. The molecule has 2 amide bonds. The summed E-state index contributed by atoms with van der Waals surface area (Å²) < 4.78 is 0. The molecule has 0 fully saturated rings. The summed E-state index contributed by atoms with van der Waals surface area (Å²) in [4.78, 5) is 35.1. The lowest BCUT2D eigenvalue weighted by atomic mass is 10.1. The van der Waals surface area contributed by atoms with Gasteiger partial charge in [-0.15, -0.1) is 0 Å². The Morgan fingerprint density at radius 3 is 2.56 bits per heavy atom. The predicted octanol–water partition coefficient (Wildman–Crippen LogP) is 2.10. The molecule has 0 aliphatic rings. The molecule has 1 unspecified atom stereocenters. The molecule has 0 spiro atoms. The molecule has 1 atom stereocenters. The maximum Gasteiger partial charge on any atom is 0.244 e. The van der Waals surface area contributed by atoms with E-state index < -0.39 is 0 Å². The number of carbonyl (C=O) groups is 2. The van der Waals surface area contributed by atoms with Crippen LogP contribution in [0.1, 0.15) is 38.0 Å². The summed E-state index contributed by atoms with van der Waals surface area (Å²) in [6, 6.07) is 5.61. The highest BCUT2D eigenvalue weighted by Crippen LogP contribution is 2.05. The molecule has 27 heavy (non-hydrogen) atoms. The molecule has 0 aliphatic heterocycles. The predicted molar refractivity (Wildman–Crippen MR) is 105 cm³/mol. The van der Waals surface area contributed by atoms with Gasteiger partial charge in [-0.1, -0.05) is 6.07 Å². The number of hydrogen-bond acceptors (Lipinski definition) is 4. The van der Waals surface area contributed by atoms with Gasteiger partial charge in [-0.25, -0.2) is 4.98 Å². The SMILES string of the molecule is CC(C)NC(=O)/C=C/c1cccc(CC(C)NC(=O)/C=C/c2ncc[nH]2)n1. The lowest BCUT2D eigenvalue weighted by molar-refractivity contribution is -0.117. The molecule has 0 saturated carbocycles. The average molecular weight is 367 g/mol. The summed E-state index contributed by atoms with van der Waals surface area (Å²) in [5.74, 6) is 0.280. The summed E-state index contributed by atoms with van der Waals surface area (Å²) in [7, 11) is 0. The maximum absolute atomic E-state index is 12.0. The van der Waals surface area contributed by atoms with Crippen molar-refractivity contribution in [2.24, 2.45) is 0 Å². The molecule has 2 rings (SSSR count). The van der Waals surface area contributed by atoms with Gasteiger partial charge in [0.15, 0.2) is 0 Å². The number of hydrogen-bond donors (Lipinski definition) is 3. The van der Waals surface area contributed by atoms with Crippen LogP contribution in [0.4, 0.5) is 0 Å². The van der Waals surface area contributed by atoms with Gasteiger partial charge >= 0.3 is 0 Å². The fourth-order valence-corrected chi connectivity index (χ4v) is 2.38. The molecule has 0 aromatic carbocycles. The van der Waals surface area contributed by atoms with Gasteiger partial charge < -0.3 is 15.6 Å². The van der Waals surface area contributed by atoms with E-state index in [1.54, 1.807) is 24.5 Å². The second-order valence-electron chi connectivity index (χ2n) is 6.47. The normalized spacial score (nSPS) is 12.6. The number of amides is 2. The minimum Gasteiger partial charge on any atom is -0.350 e. The van der Waals surface area contributed by atoms with Gasteiger partial charge in [0.1, 0.15) is 5.82 Å². The zero-order chi connectivity index (χ0) is 19.6. The molecule has 7 heteroatoms. The first kappa shape index (κ1) is 20.1. The molecular weight excluding hydrogens is 342 g/mol. The number of aromatic nitrogens is 3. The maximum atomic E-state index is 12.0. The lowest BCUT2D eigenvalue weighted by Gasteiger charge is -2.12. The van der Waals surface area contributed by atoms with Gasteiger partial charge in [0.25, 0.3) is 0 Å². The Labute approximate surface area is 159 Å². The number of nitrogens with zero attached hydrogens (tertiary/aromatic N) is 2. The van der Waals surface area contributed by atoms with Crippen LogP contribution in [0, 0.1) is 0 Å². The van der Waals surface area contributed by atoms with Crippen molar-refractivity contribution in [2.75, 3.05) is 0 Å². The minimum atomic E-state index is -0.194. The van der Waals surface area contributed by atoms with E-state index in [4.69, 9.17) is 0 Å². The van der Waals surface area contributed by atoms with Crippen molar-refractivity contribution in [1.29, 1.82) is 0 Å². The summed E-state index contributed by atoms with van der Waals surface area (Å²) in [5, 5.41) is 5.68. The Morgan fingerprint density at radius 1 is 1.11 bits per heavy atom. The van der Waals surface area contributed by atoms with Gasteiger partial charge in [0.2, 0.25) is 11.8 Å². The van der Waals surface area contributed by atoms with Gasteiger partial charge in [-0.05, 0) is 45.1 Å². The molecule has 0 bridgehead atoms. The fourth-order valence-electron chi connectivity index (χ4n) is 2.38. The first-order valence-corrected chi connectivity index (χ1v) is 8.85. The van der Waals surface area contributed by atoms with Gasteiger partial charge in [-0.3, -0.25) is 14.6 Å². The molecule has 0 aliphatic carbocycles. The molecule has 2 heterocycles. The van der Waals surface area contributed by atoms with E-state index >= 15 is 0 Å². The first-order chi connectivity index (χ1) is 12.9. The van der Waals surface area contributed by atoms with E-state index in [1.807, 2.05) is 39.0 Å². The number of rotatable bonds is 8. The van der Waals surface area contributed by atoms with E-state index in [0.717, 1.165) is 5.69 Å². The fraction of sp³-hybridized carbons (Fsp3) is 0.300. The molecular formula is C20H25N5O2. The number of H-pyrrole nitrogens is 1. The van der Waals surface area contributed by atoms with E-state index in [0.29, 0.717) is 17.9 Å². The smallest absolute Gasteiger partial charge is 0.244 e. The number of carbonyl (C=O) groups excluding carboxylic acids is 2. The van der Waals surface area contributed by atoms with Gasteiger partial charge in [-0.2, -0.15) is 0 Å². The zero-order valence-corrected chi connectivity index (χ0v) is 15.8. The summed E-state index contributed by atoms with van der Waals surface area (Å²) in [6.07, 6.45) is 10.1. The third-order valence-corrected chi connectivity index (χ3v) is 3.48. The summed E-state index contributed by atoms with van der Waals surface area (Å²) in [6.45, 7) is 5.73. The molecule has 142 valence electrons. The molecule has 2 aromatic heterocycles. The molecule has 0 saturated heterocycles. The number of imidazole rings is 1. The van der Waals surface area contributed by atoms with Crippen molar-refractivity contribution in [1.82, 2.24) is 25.6 Å². The minimum absolute atomic E-state index is 0.0882. The van der Waals surface area contributed by atoms with Crippen molar-refractivity contribution < 1.29 is 9.59 Å². The van der Waals surface area contributed by atoms with Crippen LogP contribution in [-0.2, 0) is 16.0 Å². The van der Waals surface area contributed by atoms with Crippen LogP contribution < -0.4 is 10.6 Å². The highest BCUT2D eigenvalue weighted by molar-refractivity contribution is 5.92. The van der Waals surface area contributed by atoms with E-state index in [1.165, 1.54) is 12.2 Å². The topological polar surface area (TPSA) is 99.8 Å². The van der Waals surface area contributed by atoms with Crippen molar-refractivity contribution in [3.8, 4) is 0 Å². The van der Waals surface area contributed by atoms with Crippen LogP contribution in [0.5, 0.6) is 0 Å². The number of nitrogens with one attached hydrogen (secondary N) is 3. The van der Waals surface area contributed by atoms with Crippen LogP contribution in [0.15, 0.2) is 42.7 Å². The second kappa shape index (κ2) is 10.1. The standard InChI is InChI=1S/C20H25N5O2/c1-14(2)23-19(26)9-7-16-5-4-6-17(25-16)13-15(3)24-20(27)10-8-18-21-11-12-22-18/h4-12,14-15H,13H2,1-3H3,(H,21,22)(H,23,26)(H,24,27)/b9-7+,10-8+. The van der Waals surface area contributed by atoms with Gasteiger partial charge in [0.05, 0.1) is 5.69 Å². The Morgan fingerprint density at radius 2 is 1.85 bits per heavy atom. The number of pyridine rings is 1. The Kier molecular flexibility index (Phi) is 7.49. The highest BCUT2D eigenvalue weighted by Gasteiger charge is 2.07. The Balaban J connectivity index is 1.88. The van der Waals surface area contributed by atoms with Crippen LogP contribution in [0.25, 0.3) is 12.2 Å². The molecule has 7 nitrogen and oxygen atoms in total. The quantitative estimate of drug-likeness (QED) is 0.622. The van der Waals surface area contributed by atoms with Crippen LogP contribution in [-0.4, -0.2) is 38.8 Å². The monoisotopic (exact) mass is 367 g/mol. The van der Waals surface area contributed by atoms with Gasteiger partial charge in [0, 0.05) is 48.7 Å². The van der Waals surface area contributed by atoms with E-state index in [-0.39, 0.29) is 23.9 Å². The third-order valence-electron chi connectivity index (χ3n) is 3.48. The highest BCUT2D eigenvalue weighted by atomic mass is 16.2.